The standard InChI is InChI=1S/C15H23N3O2/c1-11(2)18-14(19)8-9-17-15(20)10-13(16)12-6-4-3-5-7-12/h3-7,11,13H,8-10,16H2,1-2H3,(H,17,20)(H,18,19). The average Bonchev–Trinajstić information content (AvgIpc) is 2.38. The summed E-state index contributed by atoms with van der Waals surface area (Å²) in [6, 6.07) is 9.28. The first-order valence-corrected chi connectivity index (χ1v) is 6.85. The molecule has 110 valence electrons. The Morgan fingerprint density at radius 1 is 1.15 bits per heavy atom. The quantitative estimate of drug-likeness (QED) is 0.698. The zero-order chi connectivity index (χ0) is 15.0. The van der Waals surface area contributed by atoms with Gasteiger partial charge in [0.05, 0.1) is 0 Å². The second-order valence-electron chi connectivity index (χ2n) is 5.04. The summed E-state index contributed by atoms with van der Waals surface area (Å²) < 4.78 is 0. The van der Waals surface area contributed by atoms with Crippen LogP contribution in [0.4, 0.5) is 0 Å². The van der Waals surface area contributed by atoms with E-state index in [1.54, 1.807) is 0 Å². The molecule has 0 fully saturated rings. The summed E-state index contributed by atoms with van der Waals surface area (Å²) in [6.07, 6.45) is 0.500. The maximum absolute atomic E-state index is 11.7. The van der Waals surface area contributed by atoms with Crippen LogP contribution in [0.5, 0.6) is 0 Å². The molecule has 20 heavy (non-hydrogen) atoms. The van der Waals surface area contributed by atoms with Crippen LogP contribution in [-0.4, -0.2) is 24.4 Å². The fourth-order valence-electron chi connectivity index (χ4n) is 1.80. The van der Waals surface area contributed by atoms with Gasteiger partial charge in [0.1, 0.15) is 0 Å². The molecule has 0 saturated heterocycles. The van der Waals surface area contributed by atoms with Gasteiger partial charge in [-0.25, -0.2) is 0 Å². The molecule has 0 aromatic heterocycles. The van der Waals surface area contributed by atoms with Crippen LogP contribution in [0, 0.1) is 0 Å². The van der Waals surface area contributed by atoms with Gasteiger partial charge >= 0.3 is 0 Å². The molecule has 2 amide bonds. The molecular formula is C15H23N3O2. The lowest BCUT2D eigenvalue weighted by atomic mass is 10.0. The average molecular weight is 277 g/mol. The lowest BCUT2D eigenvalue weighted by Crippen LogP contribution is -2.34. The Morgan fingerprint density at radius 2 is 1.80 bits per heavy atom. The Labute approximate surface area is 119 Å². The van der Waals surface area contributed by atoms with E-state index in [2.05, 4.69) is 10.6 Å². The van der Waals surface area contributed by atoms with Gasteiger partial charge in [-0.3, -0.25) is 9.59 Å². The number of rotatable bonds is 7. The molecular weight excluding hydrogens is 254 g/mol. The Kier molecular flexibility index (Phi) is 6.73. The van der Waals surface area contributed by atoms with Crippen molar-refractivity contribution >= 4 is 11.8 Å². The number of carbonyl (C=O) groups excluding carboxylic acids is 2. The van der Waals surface area contributed by atoms with Gasteiger partial charge in [0.2, 0.25) is 11.8 Å². The highest BCUT2D eigenvalue weighted by Gasteiger charge is 2.11. The smallest absolute Gasteiger partial charge is 0.221 e. The van der Waals surface area contributed by atoms with E-state index in [1.165, 1.54) is 0 Å². The van der Waals surface area contributed by atoms with Gasteiger partial charge in [-0.05, 0) is 19.4 Å². The number of nitrogens with one attached hydrogen (secondary N) is 2. The molecule has 0 bridgehead atoms. The normalized spacial score (nSPS) is 12.0. The van der Waals surface area contributed by atoms with Crippen molar-refractivity contribution in [3.05, 3.63) is 35.9 Å². The number of hydrogen-bond acceptors (Lipinski definition) is 3. The van der Waals surface area contributed by atoms with Crippen molar-refractivity contribution in [3.8, 4) is 0 Å². The molecule has 1 aromatic carbocycles. The molecule has 1 atom stereocenters. The van der Waals surface area contributed by atoms with Gasteiger partial charge < -0.3 is 16.4 Å². The van der Waals surface area contributed by atoms with Crippen molar-refractivity contribution in [1.82, 2.24) is 10.6 Å². The maximum atomic E-state index is 11.7. The molecule has 0 spiro atoms. The molecule has 1 unspecified atom stereocenters. The summed E-state index contributed by atoms with van der Waals surface area (Å²) in [5.41, 5.74) is 6.88. The third-order valence-corrected chi connectivity index (χ3v) is 2.76. The zero-order valence-electron chi connectivity index (χ0n) is 12.1. The van der Waals surface area contributed by atoms with Gasteiger partial charge in [0.15, 0.2) is 0 Å². The lowest BCUT2D eigenvalue weighted by molar-refractivity contribution is -0.122. The number of carbonyl (C=O) groups is 2. The summed E-state index contributed by atoms with van der Waals surface area (Å²) in [5, 5.41) is 5.48. The lowest BCUT2D eigenvalue weighted by Gasteiger charge is -2.12. The first kappa shape index (κ1) is 16.2. The van der Waals surface area contributed by atoms with Crippen molar-refractivity contribution in [3.63, 3.8) is 0 Å². The van der Waals surface area contributed by atoms with Gasteiger partial charge in [-0.15, -0.1) is 0 Å². The van der Waals surface area contributed by atoms with Crippen LogP contribution in [0.3, 0.4) is 0 Å². The summed E-state index contributed by atoms with van der Waals surface area (Å²) in [6.45, 7) is 4.13. The van der Waals surface area contributed by atoms with Crippen LogP contribution in [0.25, 0.3) is 0 Å². The minimum atomic E-state index is -0.319. The first-order valence-electron chi connectivity index (χ1n) is 6.85. The van der Waals surface area contributed by atoms with E-state index in [0.29, 0.717) is 6.54 Å². The molecule has 0 saturated carbocycles. The Morgan fingerprint density at radius 3 is 2.40 bits per heavy atom. The highest BCUT2D eigenvalue weighted by molar-refractivity contribution is 5.79. The monoisotopic (exact) mass is 277 g/mol. The van der Waals surface area contributed by atoms with Gasteiger partial charge in [0, 0.05) is 31.5 Å². The predicted molar refractivity (Wildman–Crippen MR) is 78.9 cm³/mol. The van der Waals surface area contributed by atoms with Crippen LogP contribution in [-0.2, 0) is 9.59 Å². The van der Waals surface area contributed by atoms with Crippen molar-refractivity contribution in [2.45, 2.75) is 38.8 Å². The topological polar surface area (TPSA) is 84.2 Å². The fourth-order valence-corrected chi connectivity index (χ4v) is 1.80. The van der Waals surface area contributed by atoms with E-state index in [9.17, 15) is 9.59 Å². The minimum Gasteiger partial charge on any atom is -0.356 e. The molecule has 5 nitrogen and oxygen atoms in total. The highest BCUT2D eigenvalue weighted by atomic mass is 16.2. The molecule has 4 N–H and O–H groups in total. The van der Waals surface area contributed by atoms with Crippen molar-refractivity contribution in [2.24, 2.45) is 5.73 Å². The van der Waals surface area contributed by atoms with Crippen LogP contribution in [0.15, 0.2) is 30.3 Å². The van der Waals surface area contributed by atoms with E-state index < -0.39 is 0 Å². The molecule has 0 aliphatic rings. The van der Waals surface area contributed by atoms with Crippen molar-refractivity contribution < 1.29 is 9.59 Å². The fraction of sp³-hybridized carbons (Fsp3) is 0.467. The van der Waals surface area contributed by atoms with E-state index in [1.807, 2.05) is 44.2 Å². The highest BCUT2D eigenvalue weighted by Crippen LogP contribution is 2.12. The molecule has 0 heterocycles. The van der Waals surface area contributed by atoms with Gasteiger partial charge in [-0.1, -0.05) is 30.3 Å². The van der Waals surface area contributed by atoms with Gasteiger partial charge in [-0.2, -0.15) is 0 Å². The van der Waals surface area contributed by atoms with Crippen LogP contribution in [0.2, 0.25) is 0 Å². The van der Waals surface area contributed by atoms with Crippen LogP contribution < -0.4 is 16.4 Å². The molecule has 0 aliphatic carbocycles. The van der Waals surface area contributed by atoms with Crippen LogP contribution in [0.1, 0.15) is 38.3 Å². The molecule has 0 aliphatic heterocycles. The zero-order valence-corrected chi connectivity index (χ0v) is 12.1. The second-order valence-corrected chi connectivity index (χ2v) is 5.04. The molecule has 0 radical (unpaired) electrons. The van der Waals surface area contributed by atoms with Crippen LogP contribution >= 0.6 is 0 Å². The van der Waals surface area contributed by atoms with Crippen molar-refractivity contribution in [2.75, 3.05) is 6.54 Å². The van der Waals surface area contributed by atoms with Gasteiger partial charge in [0.25, 0.3) is 0 Å². The number of benzene rings is 1. The summed E-state index contributed by atoms with van der Waals surface area (Å²) in [7, 11) is 0. The Hall–Kier alpha value is -1.88. The summed E-state index contributed by atoms with van der Waals surface area (Å²) >= 11 is 0. The Balaban J connectivity index is 2.25. The number of hydrogen-bond donors (Lipinski definition) is 3. The van der Waals surface area contributed by atoms with E-state index in [0.717, 1.165) is 5.56 Å². The molecule has 5 heteroatoms. The summed E-state index contributed by atoms with van der Waals surface area (Å²) in [4.78, 5) is 23.1. The third kappa shape index (κ3) is 6.33. The first-order chi connectivity index (χ1) is 9.49. The van der Waals surface area contributed by atoms with E-state index >= 15 is 0 Å². The van der Waals surface area contributed by atoms with Crippen molar-refractivity contribution in [1.29, 1.82) is 0 Å². The maximum Gasteiger partial charge on any atom is 0.221 e. The Bertz CT molecular complexity index is 432. The second kappa shape index (κ2) is 8.32. The summed E-state index contributed by atoms with van der Waals surface area (Å²) in [5.74, 6) is -0.202. The SMILES string of the molecule is CC(C)NC(=O)CCNC(=O)CC(N)c1ccccc1. The third-order valence-electron chi connectivity index (χ3n) is 2.76. The molecule has 1 aromatic rings. The number of amides is 2. The number of nitrogens with two attached hydrogens (primary N) is 1. The molecule has 1 rings (SSSR count). The van der Waals surface area contributed by atoms with E-state index in [4.69, 9.17) is 5.73 Å². The van der Waals surface area contributed by atoms with E-state index in [-0.39, 0.29) is 36.7 Å². The minimum absolute atomic E-state index is 0.0624. The predicted octanol–water partition coefficient (Wildman–Crippen LogP) is 1.11. The largest absolute Gasteiger partial charge is 0.356 e.